The monoisotopic (exact) mass is 408 g/mol. The van der Waals surface area contributed by atoms with E-state index >= 15 is 0 Å². The van der Waals surface area contributed by atoms with Gasteiger partial charge in [0.15, 0.2) is 0 Å². The van der Waals surface area contributed by atoms with E-state index in [1.807, 2.05) is 85.8 Å². The van der Waals surface area contributed by atoms with Crippen molar-refractivity contribution < 1.29 is 9.21 Å². The molecular weight excluding hydrogens is 388 g/mol. The van der Waals surface area contributed by atoms with Crippen LogP contribution in [0.15, 0.2) is 105 Å². The first-order valence-corrected chi connectivity index (χ1v) is 10.1. The highest BCUT2D eigenvalue weighted by atomic mass is 16.4. The summed E-state index contributed by atoms with van der Waals surface area (Å²) in [5, 5.41) is 7.08. The van der Waals surface area contributed by atoms with Crippen molar-refractivity contribution in [1.29, 1.82) is 0 Å². The Kier molecular flexibility index (Phi) is 4.64. The Morgan fingerprint density at radius 2 is 1.55 bits per heavy atom. The molecular formula is C26H20N2O3. The third-order valence-electron chi connectivity index (χ3n) is 5.55. The first-order valence-electron chi connectivity index (χ1n) is 10.1. The van der Waals surface area contributed by atoms with Crippen molar-refractivity contribution in [2.75, 3.05) is 10.6 Å². The van der Waals surface area contributed by atoms with Crippen molar-refractivity contribution in [3.8, 4) is 0 Å². The van der Waals surface area contributed by atoms with Crippen LogP contribution in [0.1, 0.15) is 24.0 Å². The summed E-state index contributed by atoms with van der Waals surface area (Å²) in [5.41, 5.74) is 3.92. The number of fused-ring (bicyclic) bond motifs is 3. The average Bonchev–Trinajstić information content (AvgIpc) is 2.79. The van der Waals surface area contributed by atoms with E-state index in [9.17, 15) is 9.59 Å². The molecule has 5 nitrogen and oxygen atoms in total. The van der Waals surface area contributed by atoms with Crippen molar-refractivity contribution in [2.24, 2.45) is 0 Å². The molecule has 1 atom stereocenters. The molecule has 2 heterocycles. The summed E-state index contributed by atoms with van der Waals surface area (Å²) in [7, 11) is 0. The summed E-state index contributed by atoms with van der Waals surface area (Å²) in [5.74, 6) is -0.815. The minimum atomic E-state index is -0.554. The van der Waals surface area contributed by atoms with E-state index in [2.05, 4.69) is 10.6 Å². The van der Waals surface area contributed by atoms with Gasteiger partial charge in [0.25, 0.3) is 5.91 Å². The average molecular weight is 408 g/mol. The maximum Gasteiger partial charge on any atom is 0.342 e. The predicted molar refractivity (Wildman–Crippen MR) is 122 cm³/mol. The van der Waals surface area contributed by atoms with Gasteiger partial charge in [0, 0.05) is 22.3 Å². The minimum absolute atomic E-state index is 0.261. The van der Waals surface area contributed by atoms with Gasteiger partial charge in [-0.15, -0.1) is 0 Å². The van der Waals surface area contributed by atoms with Crippen LogP contribution in [0, 0.1) is 0 Å². The zero-order valence-electron chi connectivity index (χ0n) is 16.9. The van der Waals surface area contributed by atoms with Crippen molar-refractivity contribution in [3.05, 3.63) is 118 Å². The number of hydrogen-bond donors (Lipinski definition) is 2. The van der Waals surface area contributed by atoms with Crippen LogP contribution in [0.3, 0.4) is 0 Å². The van der Waals surface area contributed by atoms with Crippen molar-refractivity contribution >= 4 is 28.3 Å². The number of nitrogens with one attached hydrogen (secondary N) is 2. The molecule has 1 aromatic heterocycles. The number of hydrogen-bond acceptors (Lipinski definition) is 4. The molecule has 0 fully saturated rings. The third kappa shape index (κ3) is 3.30. The second-order valence-electron chi connectivity index (χ2n) is 7.50. The lowest BCUT2D eigenvalue weighted by atomic mass is 9.80. The number of benzene rings is 3. The van der Waals surface area contributed by atoms with E-state index in [4.69, 9.17) is 4.42 Å². The lowest BCUT2D eigenvalue weighted by Gasteiger charge is -2.30. The van der Waals surface area contributed by atoms with E-state index in [0.29, 0.717) is 33.8 Å². The number of amides is 1. The molecule has 1 aliphatic heterocycles. The summed E-state index contributed by atoms with van der Waals surface area (Å²) < 4.78 is 5.64. The van der Waals surface area contributed by atoms with Gasteiger partial charge >= 0.3 is 5.63 Å². The molecule has 0 radical (unpaired) electrons. The van der Waals surface area contributed by atoms with Crippen LogP contribution in [0.25, 0.3) is 11.0 Å². The Morgan fingerprint density at radius 3 is 2.29 bits per heavy atom. The summed E-state index contributed by atoms with van der Waals surface area (Å²) in [4.78, 5) is 26.5. The first-order chi connectivity index (χ1) is 15.1. The fourth-order valence-corrected chi connectivity index (χ4v) is 4.18. The standard InChI is InChI=1S/C26H20N2O3/c1-16-21(25(29)28-18-12-6-3-7-13-18)22(17-10-4-2-5-11-17)23-24(27-16)19-14-8-9-15-20(19)31-26(23)30/h2-15,22,27H,1H3,(H,28,29). The molecule has 0 saturated heterocycles. The third-order valence-corrected chi connectivity index (χ3v) is 5.55. The summed E-state index contributed by atoms with van der Waals surface area (Å²) in [6.07, 6.45) is 0. The zero-order chi connectivity index (χ0) is 21.4. The summed E-state index contributed by atoms with van der Waals surface area (Å²) in [6, 6.07) is 26.3. The molecule has 4 aromatic rings. The van der Waals surface area contributed by atoms with Gasteiger partial charge < -0.3 is 15.1 Å². The number of carbonyl (C=O) groups is 1. The van der Waals surface area contributed by atoms with Gasteiger partial charge in [-0.25, -0.2) is 4.79 Å². The predicted octanol–water partition coefficient (Wildman–Crippen LogP) is 5.26. The van der Waals surface area contributed by atoms with Crippen molar-refractivity contribution in [2.45, 2.75) is 12.8 Å². The van der Waals surface area contributed by atoms with Crippen LogP contribution in [-0.4, -0.2) is 5.91 Å². The molecule has 1 amide bonds. The van der Waals surface area contributed by atoms with Crippen LogP contribution in [0.4, 0.5) is 11.4 Å². The largest absolute Gasteiger partial charge is 0.422 e. The fourth-order valence-electron chi connectivity index (χ4n) is 4.18. The van der Waals surface area contributed by atoms with E-state index in [1.165, 1.54) is 0 Å². The Bertz CT molecular complexity index is 1370. The van der Waals surface area contributed by atoms with E-state index in [-0.39, 0.29) is 5.91 Å². The number of carbonyl (C=O) groups excluding carboxylic acids is 1. The second kappa shape index (κ2) is 7.61. The van der Waals surface area contributed by atoms with E-state index in [1.54, 1.807) is 6.07 Å². The smallest absolute Gasteiger partial charge is 0.342 e. The molecule has 3 aromatic carbocycles. The van der Waals surface area contributed by atoms with Crippen molar-refractivity contribution in [3.63, 3.8) is 0 Å². The van der Waals surface area contributed by atoms with Gasteiger partial charge in [-0.05, 0) is 36.8 Å². The highest BCUT2D eigenvalue weighted by Gasteiger charge is 2.36. The molecule has 152 valence electrons. The Hall–Kier alpha value is -4.12. The molecule has 1 aliphatic rings. The van der Waals surface area contributed by atoms with E-state index in [0.717, 1.165) is 10.9 Å². The lowest BCUT2D eigenvalue weighted by Crippen LogP contribution is -2.30. The molecule has 0 spiro atoms. The van der Waals surface area contributed by atoms with E-state index < -0.39 is 11.5 Å². The molecule has 5 rings (SSSR count). The van der Waals surface area contributed by atoms with Crippen LogP contribution in [-0.2, 0) is 4.79 Å². The Balaban J connectivity index is 1.72. The molecule has 5 heteroatoms. The number of para-hydroxylation sites is 2. The quantitative estimate of drug-likeness (QED) is 0.454. The van der Waals surface area contributed by atoms with Gasteiger partial charge in [0.05, 0.1) is 17.2 Å². The maximum absolute atomic E-state index is 13.4. The highest BCUT2D eigenvalue weighted by molar-refractivity contribution is 6.08. The molecule has 0 aliphatic carbocycles. The van der Waals surface area contributed by atoms with Crippen LogP contribution in [0.5, 0.6) is 0 Å². The minimum Gasteiger partial charge on any atom is -0.422 e. The molecule has 2 N–H and O–H groups in total. The molecule has 0 saturated carbocycles. The maximum atomic E-state index is 13.4. The Labute approximate surface area is 179 Å². The second-order valence-corrected chi connectivity index (χ2v) is 7.50. The summed E-state index contributed by atoms with van der Waals surface area (Å²) >= 11 is 0. The van der Waals surface area contributed by atoms with Crippen molar-refractivity contribution in [1.82, 2.24) is 0 Å². The normalized spacial score (nSPS) is 15.3. The molecule has 0 bridgehead atoms. The highest BCUT2D eigenvalue weighted by Crippen LogP contribution is 2.43. The molecule has 1 unspecified atom stereocenters. The van der Waals surface area contributed by atoms with Gasteiger partial charge in [-0.1, -0.05) is 60.7 Å². The van der Waals surface area contributed by atoms with Gasteiger partial charge in [0.1, 0.15) is 5.58 Å². The zero-order valence-corrected chi connectivity index (χ0v) is 16.9. The first kappa shape index (κ1) is 18.9. The number of rotatable bonds is 3. The number of allylic oxidation sites excluding steroid dienone is 1. The Morgan fingerprint density at radius 1 is 0.903 bits per heavy atom. The SMILES string of the molecule is CC1=C(C(=O)Nc2ccccc2)C(c2ccccc2)c2c(c3ccccc3oc2=O)N1. The number of anilines is 2. The topological polar surface area (TPSA) is 71.3 Å². The van der Waals surface area contributed by atoms with Crippen LogP contribution < -0.4 is 16.3 Å². The molecule has 31 heavy (non-hydrogen) atoms. The van der Waals surface area contributed by atoms with Crippen LogP contribution in [0.2, 0.25) is 0 Å². The van der Waals surface area contributed by atoms with Gasteiger partial charge in [0.2, 0.25) is 0 Å². The van der Waals surface area contributed by atoms with Gasteiger partial charge in [-0.2, -0.15) is 0 Å². The fraction of sp³-hybridized carbons (Fsp3) is 0.0769. The summed E-state index contributed by atoms with van der Waals surface area (Å²) in [6.45, 7) is 1.86. The lowest BCUT2D eigenvalue weighted by molar-refractivity contribution is -0.113. The van der Waals surface area contributed by atoms with Gasteiger partial charge in [-0.3, -0.25) is 4.79 Å². The van der Waals surface area contributed by atoms with Crippen LogP contribution >= 0.6 is 0 Å².